The molecule has 3 heteroatoms. The summed E-state index contributed by atoms with van der Waals surface area (Å²) in [6, 6.07) is 4.26. The molecule has 0 spiro atoms. The van der Waals surface area contributed by atoms with Gasteiger partial charge in [0.1, 0.15) is 0 Å². The van der Waals surface area contributed by atoms with Gasteiger partial charge in [0.2, 0.25) is 0 Å². The first-order valence-corrected chi connectivity index (χ1v) is 5.53. The highest BCUT2D eigenvalue weighted by Gasteiger charge is 2.04. The van der Waals surface area contributed by atoms with Crippen LogP contribution in [0.3, 0.4) is 0 Å². The average molecular weight is 195 g/mol. The SMILES string of the molecule is NCc1sccc1-c1ccsc1. The van der Waals surface area contributed by atoms with E-state index in [1.54, 1.807) is 22.7 Å². The zero-order valence-corrected chi connectivity index (χ0v) is 8.12. The van der Waals surface area contributed by atoms with E-state index in [4.69, 9.17) is 5.73 Å². The number of hydrogen-bond donors (Lipinski definition) is 1. The third-order valence-electron chi connectivity index (χ3n) is 1.76. The van der Waals surface area contributed by atoms with Crippen molar-refractivity contribution in [3.63, 3.8) is 0 Å². The first-order valence-electron chi connectivity index (χ1n) is 3.71. The molecule has 2 rings (SSSR count). The molecular formula is C9H9NS2. The van der Waals surface area contributed by atoms with Crippen LogP contribution in [-0.2, 0) is 6.54 Å². The van der Waals surface area contributed by atoms with Gasteiger partial charge in [0.15, 0.2) is 0 Å². The molecule has 0 aliphatic carbocycles. The van der Waals surface area contributed by atoms with Crippen LogP contribution in [-0.4, -0.2) is 0 Å². The fourth-order valence-corrected chi connectivity index (χ4v) is 2.61. The van der Waals surface area contributed by atoms with E-state index in [9.17, 15) is 0 Å². The summed E-state index contributed by atoms with van der Waals surface area (Å²) >= 11 is 3.45. The summed E-state index contributed by atoms with van der Waals surface area (Å²) in [5, 5.41) is 6.34. The van der Waals surface area contributed by atoms with Crippen LogP contribution < -0.4 is 5.73 Å². The lowest BCUT2D eigenvalue weighted by molar-refractivity contribution is 1.11. The molecule has 0 aromatic carbocycles. The predicted molar refractivity (Wildman–Crippen MR) is 55.5 cm³/mol. The summed E-state index contributed by atoms with van der Waals surface area (Å²) in [6.07, 6.45) is 0. The molecular weight excluding hydrogens is 186 g/mol. The Bertz CT molecular complexity index is 348. The van der Waals surface area contributed by atoms with Crippen LogP contribution in [0.25, 0.3) is 11.1 Å². The Kier molecular flexibility index (Phi) is 2.26. The molecule has 0 amide bonds. The van der Waals surface area contributed by atoms with Crippen LogP contribution in [0, 0.1) is 0 Å². The molecule has 1 nitrogen and oxygen atoms in total. The summed E-state index contributed by atoms with van der Waals surface area (Å²) in [6.45, 7) is 0.642. The maximum Gasteiger partial charge on any atom is 0.0280 e. The molecule has 0 saturated carbocycles. The van der Waals surface area contributed by atoms with Crippen LogP contribution in [0.1, 0.15) is 4.88 Å². The van der Waals surface area contributed by atoms with Crippen molar-refractivity contribution in [3.8, 4) is 11.1 Å². The Hall–Kier alpha value is -0.640. The Morgan fingerprint density at radius 3 is 2.83 bits per heavy atom. The van der Waals surface area contributed by atoms with E-state index in [2.05, 4.69) is 28.3 Å². The minimum absolute atomic E-state index is 0.642. The monoisotopic (exact) mass is 195 g/mol. The van der Waals surface area contributed by atoms with Gasteiger partial charge in [-0.3, -0.25) is 0 Å². The van der Waals surface area contributed by atoms with Gasteiger partial charge in [-0.2, -0.15) is 11.3 Å². The van der Waals surface area contributed by atoms with E-state index in [0.29, 0.717) is 6.54 Å². The molecule has 0 bridgehead atoms. The highest BCUT2D eigenvalue weighted by molar-refractivity contribution is 7.10. The van der Waals surface area contributed by atoms with Gasteiger partial charge in [-0.1, -0.05) is 0 Å². The van der Waals surface area contributed by atoms with Crippen LogP contribution in [0.5, 0.6) is 0 Å². The molecule has 0 saturated heterocycles. The van der Waals surface area contributed by atoms with Gasteiger partial charge in [0.05, 0.1) is 0 Å². The minimum atomic E-state index is 0.642. The topological polar surface area (TPSA) is 26.0 Å². The minimum Gasteiger partial charge on any atom is -0.326 e. The van der Waals surface area contributed by atoms with Gasteiger partial charge >= 0.3 is 0 Å². The highest BCUT2D eigenvalue weighted by Crippen LogP contribution is 2.29. The second kappa shape index (κ2) is 3.39. The largest absolute Gasteiger partial charge is 0.326 e. The molecule has 12 heavy (non-hydrogen) atoms. The third-order valence-corrected chi connectivity index (χ3v) is 3.39. The van der Waals surface area contributed by atoms with Crippen molar-refractivity contribution in [1.82, 2.24) is 0 Å². The Morgan fingerprint density at radius 1 is 1.25 bits per heavy atom. The van der Waals surface area contributed by atoms with Gasteiger partial charge in [0.25, 0.3) is 0 Å². The summed E-state index contributed by atoms with van der Waals surface area (Å²) in [5.41, 5.74) is 8.20. The van der Waals surface area contributed by atoms with Gasteiger partial charge in [0, 0.05) is 11.4 Å². The lowest BCUT2D eigenvalue weighted by Crippen LogP contribution is -1.93. The lowest BCUT2D eigenvalue weighted by atomic mass is 10.1. The highest BCUT2D eigenvalue weighted by atomic mass is 32.1. The normalized spacial score (nSPS) is 10.4. The van der Waals surface area contributed by atoms with Gasteiger partial charge in [-0.15, -0.1) is 11.3 Å². The van der Waals surface area contributed by atoms with E-state index < -0.39 is 0 Å². The molecule has 0 radical (unpaired) electrons. The van der Waals surface area contributed by atoms with Crippen molar-refractivity contribution in [2.45, 2.75) is 6.54 Å². The molecule has 2 heterocycles. The molecule has 62 valence electrons. The number of rotatable bonds is 2. The third kappa shape index (κ3) is 1.31. The van der Waals surface area contributed by atoms with E-state index in [0.717, 1.165) is 0 Å². The maximum atomic E-state index is 5.61. The number of hydrogen-bond acceptors (Lipinski definition) is 3. The van der Waals surface area contributed by atoms with E-state index in [1.165, 1.54) is 16.0 Å². The molecule has 2 aromatic rings. The molecule has 0 unspecified atom stereocenters. The number of nitrogens with two attached hydrogens (primary N) is 1. The van der Waals surface area contributed by atoms with Gasteiger partial charge in [-0.25, -0.2) is 0 Å². The quantitative estimate of drug-likeness (QED) is 0.783. The van der Waals surface area contributed by atoms with Crippen LogP contribution in [0.4, 0.5) is 0 Å². The van der Waals surface area contributed by atoms with Crippen molar-refractivity contribution in [1.29, 1.82) is 0 Å². The van der Waals surface area contributed by atoms with E-state index in [1.807, 2.05) is 0 Å². The molecule has 0 fully saturated rings. The maximum absolute atomic E-state index is 5.61. The fourth-order valence-electron chi connectivity index (χ4n) is 1.17. The second-order valence-corrected chi connectivity index (χ2v) is 4.25. The predicted octanol–water partition coefficient (Wildman–Crippen LogP) is 2.94. The van der Waals surface area contributed by atoms with Gasteiger partial charge in [-0.05, 0) is 39.4 Å². The summed E-state index contributed by atoms with van der Waals surface area (Å²) in [5.74, 6) is 0. The van der Waals surface area contributed by atoms with Crippen molar-refractivity contribution in [2.75, 3.05) is 0 Å². The van der Waals surface area contributed by atoms with Gasteiger partial charge < -0.3 is 5.73 Å². The zero-order chi connectivity index (χ0) is 8.39. The first kappa shape index (κ1) is 7.98. The van der Waals surface area contributed by atoms with Crippen LogP contribution in [0.15, 0.2) is 28.3 Å². The number of thiophene rings is 2. The van der Waals surface area contributed by atoms with Crippen molar-refractivity contribution < 1.29 is 0 Å². The molecule has 2 N–H and O–H groups in total. The van der Waals surface area contributed by atoms with Crippen LogP contribution in [0.2, 0.25) is 0 Å². The molecule has 0 aliphatic heterocycles. The summed E-state index contributed by atoms with van der Waals surface area (Å²) in [4.78, 5) is 1.27. The van der Waals surface area contributed by atoms with Crippen LogP contribution >= 0.6 is 22.7 Å². The van der Waals surface area contributed by atoms with Crippen molar-refractivity contribution in [3.05, 3.63) is 33.2 Å². The zero-order valence-electron chi connectivity index (χ0n) is 6.49. The molecule has 0 aliphatic rings. The second-order valence-electron chi connectivity index (χ2n) is 2.47. The standard InChI is InChI=1S/C9H9NS2/c10-5-9-8(2-4-12-9)7-1-3-11-6-7/h1-4,6H,5,10H2. The van der Waals surface area contributed by atoms with Crippen molar-refractivity contribution >= 4 is 22.7 Å². The first-order chi connectivity index (χ1) is 5.92. The fraction of sp³-hybridized carbons (Fsp3) is 0.111. The average Bonchev–Trinajstić information content (AvgIpc) is 2.74. The Morgan fingerprint density at radius 2 is 2.17 bits per heavy atom. The summed E-state index contributed by atoms with van der Waals surface area (Å²) in [7, 11) is 0. The smallest absolute Gasteiger partial charge is 0.0280 e. The van der Waals surface area contributed by atoms with E-state index in [-0.39, 0.29) is 0 Å². The van der Waals surface area contributed by atoms with Crippen molar-refractivity contribution in [2.24, 2.45) is 5.73 Å². The molecule has 0 atom stereocenters. The Labute approximate surface area is 79.5 Å². The molecule has 2 aromatic heterocycles. The summed E-state index contributed by atoms with van der Waals surface area (Å²) < 4.78 is 0. The lowest BCUT2D eigenvalue weighted by Gasteiger charge is -1.96. The Balaban J connectivity index is 2.46. The van der Waals surface area contributed by atoms with E-state index >= 15 is 0 Å².